The van der Waals surface area contributed by atoms with Crippen molar-refractivity contribution in [3.05, 3.63) is 24.5 Å². The number of hydrogen-bond acceptors (Lipinski definition) is 2. The third kappa shape index (κ3) is 1.89. The highest BCUT2D eigenvalue weighted by Crippen LogP contribution is 1.76. The normalized spacial score (nSPS) is 8.80. The van der Waals surface area contributed by atoms with Gasteiger partial charge in [0.2, 0.25) is 0 Å². The van der Waals surface area contributed by atoms with Gasteiger partial charge >= 0.3 is 0 Å². The van der Waals surface area contributed by atoms with Crippen LogP contribution in [0.5, 0.6) is 0 Å². The van der Waals surface area contributed by atoms with Crippen molar-refractivity contribution in [3.8, 4) is 0 Å². The molecule has 0 aliphatic heterocycles. The van der Waals surface area contributed by atoms with Crippen molar-refractivity contribution < 1.29 is 9.90 Å². The van der Waals surface area contributed by atoms with Gasteiger partial charge in [-0.25, -0.2) is 0 Å². The van der Waals surface area contributed by atoms with Gasteiger partial charge in [-0.15, -0.1) is 0 Å². The zero-order chi connectivity index (χ0) is 7.40. The molecule has 0 aliphatic rings. The first kappa shape index (κ1) is 6.80. The molecule has 1 N–H and O–H groups in total. The van der Waals surface area contributed by atoms with Gasteiger partial charge in [0, 0.05) is 12.4 Å². The Kier molecular flexibility index (Phi) is 2.05. The standard InChI is InChI=1S/C6H6BNO2/c9-6(10)7-5-2-1-3-8-4-5/h1-4,7H,(H,9,10). The van der Waals surface area contributed by atoms with E-state index >= 15 is 0 Å². The summed E-state index contributed by atoms with van der Waals surface area (Å²) in [5, 5.41) is 8.34. The van der Waals surface area contributed by atoms with E-state index in [-0.39, 0.29) is 7.28 Å². The monoisotopic (exact) mass is 135 g/mol. The van der Waals surface area contributed by atoms with Crippen molar-refractivity contribution in [2.75, 3.05) is 0 Å². The van der Waals surface area contributed by atoms with Crippen LogP contribution in [0.1, 0.15) is 0 Å². The van der Waals surface area contributed by atoms with Crippen LogP contribution < -0.4 is 5.46 Å². The highest BCUT2D eigenvalue weighted by atomic mass is 16.4. The SMILES string of the molecule is O=C(O)Bc1cccnc1. The van der Waals surface area contributed by atoms with Crippen LogP contribution in [0.4, 0.5) is 4.79 Å². The van der Waals surface area contributed by atoms with E-state index in [4.69, 9.17) is 5.11 Å². The van der Waals surface area contributed by atoms with Gasteiger partial charge in [-0.2, -0.15) is 0 Å². The molecule has 1 rings (SSSR count). The Bertz CT molecular complexity index is 224. The summed E-state index contributed by atoms with van der Waals surface area (Å²) >= 11 is 0. The van der Waals surface area contributed by atoms with Crippen LogP contribution in [0.15, 0.2) is 24.5 Å². The molecule has 1 aromatic heterocycles. The van der Waals surface area contributed by atoms with E-state index in [0.717, 1.165) is 5.46 Å². The molecule has 0 unspecified atom stereocenters. The number of carboxylic acid groups (broad SMARTS) is 1. The van der Waals surface area contributed by atoms with Gasteiger partial charge in [-0.1, -0.05) is 11.5 Å². The zero-order valence-corrected chi connectivity index (χ0v) is 5.32. The molecular formula is C6H6BNO2. The third-order valence-corrected chi connectivity index (χ3v) is 1.08. The van der Waals surface area contributed by atoms with Gasteiger partial charge in [-0.05, 0) is 6.07 Å². The van der Waals surface area contributed by atoms with Crippen LogP contribution in [0.25, 0.3) is 0 Å². The Morgan fingerprint density at radius 1 is 1.70 bits per heavy atom. The summed E-state index contributed by atoms with van der Waals surface area (Å²) in [4.78, 5) is 13.9. The molecule has 1 heterocycles. The maximum Gasteiger partial charge on any atom is 0.294 e. The van der Waals surface area contributed by atoms with Crippen LogP contribution in [0.3, 0.4) is 0 Å². The molecule has 0 fully saturated rings. The predicted octanol–water partition coefficient (Wildman–Crippen LogP) is -0.179. The first-order valence-electron chi connectivity index (χ1n) is 2.90. The highest BCUT2D eigenvalue weighted by Gasteiger charge is 2.01. The Hall–Kier alpha value is -1.32. The third-order valence-electron chi connectivity index (χ3n) is 1.08. The molecule has 0 amide bonds. The summed E-state index contributed by atoms with van der Waals surface area (Å²) in [5.41, 5.74) is 0.731. The lowest BCUT2D eigenvalue weighted by Crippen LogP contribution is -2.21. The van der Waals surface area contributed by atoms with Crippen molar-refractivity contribution in [1.82, 2.24) is 4.98 Å². The van der Waals surface area contributed by atoms with E-state index < -0.39 is 5.87 Å². The lowest BCUT2D eigenvalue weighted by atomic mass is 9.72. The average molecular weight is 135 g/mol. The Labute approximate surface area is 59.0 Å². The van der Waals surface area contributed by atoms with Gasteiger partial charge in [0.25, 0.3) is 13.1 Å². The molecule has 3 nitrogen and oxygen atoms in total. The molecule has 0 bridgehead atoms. The Balaban J connectivity index is 2.67. The molecule has 0 atom stereocenters. The van der Waals surface area contributed by atoms with Crippen molar-refractivity contribution in [2.45, 2.75) is 0 Å². The highest BCUT2D eigenvalue weighted by molar-refractivity contribution is 6.82. The topological polar surface area (TPSA) is 50.2 Å². The molecule has 0 saturated carbocycles. The number of rotatable bonds is 2. The van der Waals surface area contributed by atoms with Crippen molar-refractivity contribution >= 4 is 18.6 Å². The Morgan fingerprint density at radius 2 is 2.50 bits per heavy atom. The minimum Gasteiger partial charge on any atom is -0.489 e. The molecule has 50 valence electrons. The summed E-state index contributed by atoms with van der Waals surface area (Å²) < 4.78 is 0. The maximum atomic E-state index is 10.1. The maximum absolute atomic E-state index is 10.1. The summed E-state index contributed by atoms with van der Waals surface area (Å²) in [7, 11) is 0.0494. The largest absolute Gasteiger partial charge is 0.489 e. The fraction of sp³-hybridized carbons (Fsp3) is 0. The summed E-state index contributed by atoms with van der Waals surface area (Å²) in [6.07, 6.45) is 3.17. The summed E-state index contributed by atoms with van der Waals surface area (Å²) in [5.74, 6) is -0.826. The van der Waals surface area contributed by atoms with Crippen LogP contribution >= 0.6 is 0 Å². The zero-order valence-electron chi connectivity index (χ0n) is 5.32. The van der Waals surface area contributed by atoms with Gasteiger partial charge in [0.05, 0.1) is 0 Å². The smallest absolute Gasteiger partial charge is 0.294 e. The Morgan fingerprint density at radius 3 is 3.00 bits per heavy atom. The number of carbonyl (C=O) groups is 1. The number of pyridine rings is 1. The van der Waals surface area contributed by atoms with Crippen molar-refractivity contribution in [3.63, 3.8) is 0 Å². The summed E-state index contributed by atoms with van der Waals surface area (Å²) in [6.45, 7) is 0. The average Bonchev–Trinajstić information content (AvgIpc) is 1.88. The number of aromatic nitrogens is 1. The molecule has 10 heavy (non-hydrogen) atoms. The lowest BCUT2D eigenvalue weighted by Gasteiger charge is -1.90. The van der Waals surface area contributed by atoms with E-state index in [1.807, 2.05) is 0 Å². The quantitative estimate of drug-likeness (QED) is 0.572. The second kappa shape index (κ2) is 3.01. The number of nitrogens with zero attached hydrogens (tertiary/aromatic N) is 1. The van der Waals surface area contributed by atoms with E-state index in [1.54, 1.807) is 24.5 Å². The first-order valence-corrected chi connectivity index (χ1v) is 2.90. The first-order chi connectivity index (χ1) is 4.79. The molecule has 0 saturated heterocycles. The minimum absolute atomic E-state index is 0.0494. The van der Waals surface area contributed by atoms with Crippen LogP contribution in [-0.4, -0.2) is 23.2 Å². The second-order valence-corrected chi connectivity index (χ2v) is 1.93. The molecular weight excluding hydrogens is 129 g/mol. The second-order valence-electron chi connectivity index (χ2n) is 1.93. The van der Waals surface area contributed by atoms with E-state index in [1.165, 1.54) is 0 Å². The molecule has 0 aromatic carbocycles. The van der Waals surface area contributed by atoms with E-state index in [0.29, 0.717) is 0 Å². The fourth-order valence-corrected chi connectivity index (χ4v) is 0.677. The molecule has 0 radical (unpaired) electrons. The lowest BCUT2D eigenvalue weighted by molar-refractivity contribution is 0.220. The van der Waals surface area contributed by atoms with Gasteiger partial charge in [0.15, 0.2) is 0 Å². The molecule has 1 aromatic rings. The van der Waals surface area contributed by atoms with E-state index in [2.05, 4.69) is 4.98 Å². The van der Waals surface area contributed by atoms with Crippen molar-refractivity contribution in [2.24, 2.45) is 0 Å². The van der Waals surface area contributed by atoms with Crippen LogP contribution in [0.2, 0.25) is 0 Å². The molecule has 4 heteroatoms. The fourth-order valence-electron chi connectivity index (χ4n) is 0.677. The van der Waals surface area contributed by atoms with Crippen LogP contribution in [0, 0.1) is 0 Å². The summed E-state index contributed by atoms with van der Waals surface area (Å²) in [6, 6.07) is 3.46. The minimum atomic E-state index is -0.826. The van der Waals surface area contributed by atoms with E-state index in [9.17, 15) is 4.79 Å². The molecule has 0 spiro atoms. The molecule has 0 aliphatic carbocycles. The van der Waals surface area contributed by atoms with Gasteiger partial charge < -0.3 is 5.11 Å². The van der Waals surface area contributed by atoms with Gasteiger partial charge in [0.1, 0.15) is 0 Å². The van der Waals surface area contributed by atoms with Gasteiger partial charge in [-0.3, -0.25) is 9.78 Å². The number of hydrogen-bond donors (Lipinski definition) is 1. The van der Waals surface area contributed by atoms with Crippen LogP contribution in [-0.2, 0) is 0 Å². The van der Waals surface area contributed by atoms with Crippen molar-refractivity contribution in [1.29, 1.82) is 0 Å². The predicted molar refractivity (Wildman–Crippen MR) is 39.0 cm³/mol.